The average Bonchev–Trinajstić information content (AvgIpc) is 1.54. The normalized spacial score (nSPS) is 39.2. The molecular formula is C59H86O26. The van der Waals surface area contributed by atoms with Gasteiger partial charge in [0.15, 0.2) is 48.9 Å². The van der Waals surface area contributed by atoms with E-state index in [1.807, 2.05) is 0 Å². The van der Waals surface area contributed by atoms with E-state index in [-0.39, 0.29) is 71.7 Å². The summed E-state index contributed by atoms with van der Waals surface area (Å²) in [5, 5.41) is 90.4. The smallest absolute Gasteiger partial charge is 0.308 e. The molecule has 5 heterocycles. The molecule has 0 amide bonds. The summed E-state index contributed by atoms with van der Waals surface area (Å²) < 4.78 is 84.7. The first-order valence-electron chi connectivity index (χ1n) is 29.1. The van der Waals surface area contributed by atoms with E-state index in [4.69, 9.17) is 66.3 Å². The summed E-state index contributed by atoms with van der Waals surface area (Å²) in [5.74, 6) is -5.68. The van der Waals surface area contributed by atoms with Crippen molar-refractivity contribution < 1.29 is 126 Å². The summed E-state index contributed by atoms with van der Waals surface area (Å²) in [7, 11) is 2.65. The van der Waals surface area contributed by atoms with Crippen molar-refractivity contribution in [3.8, 4) is 17.2 Å². The molecule has 1 aliphatic carbocycles. The van der Waals surface area contributed by atoms with E-state index in [0.29, 0.717) is 0 Å². The Morgan fingerprint density at radius 2 is 1.24 bits per heavy atom. The highest BCUT2D eigenvalue weighted by molar-refractivity contribution is 6.11. The van der Waals surface area contributed by atoms with E-state index in [2.05, 4.69) is 0 Å². The van der Waals surface area contributed by atoms with Gasteiger partial charge in [0.2, 0.25) is 6.29 Å². The van der Waals surface area contributed by atoms with Gasteiger partial charge in [-0.1, -0.05) is 13.8 Å². The maximum absolute atomic E-state index is 15.2. The van der Waals surface area contributed by atoms with E-state index in [0.717, 1.165) is 0 Å². The molecule has 0 aromatic heterocycles. The highest BCUT2D eigenvalue weighted by atomic mass is 16.7. The lowest BCUT2D eigenvalue weighted by Crippen LogP contribution is -2.59. The van der Waals surface area contributed by atoms with Crippen LogP contribution in [0.2, 0.25) is 0 Å². The zero-order chi connectivity index (χ0) is 62.4. The van der Waals surface area contributed by atoms with Crippen LogP contribution in [0, 0.1) is 18.8 Å². The second-order valence-electron chi connectivity index (χ2n) is 24.1. The third kappa shape index (κ3) is 14.4. The zero-order valence-corrected chi connectivity index (χ0v) is 50.3. The predicted octanol–water partition coefficient (Wildman–Crippen LogP) is 2.18. The number of ether oxygens (including phenoxy) is 14. The lowest BCUT2D eigenvalue weighted by Gasteiger charge is -2.47. The van der Waals surface area contributed by atoms with E-state index < -0.39 is 194 Å². The molecule has 26 nitrogen and oxygen atoms in total. The SMILES string of the molecule is CO[C@H]1[C@@H](O)C[C@@H](O[C@H]2C[C@@H](Oc3cc4cc5c(c(O)c4c(O)c3C)C(=O)[C@@H](O[C@H]3C[C@@H](O[C@H]4C[C@@H](O[C@H]6C[C@](C)(O)[C@@H](OC(=O)C(C)C)[C@H](C)O6)[C@@H](O)[C@H](C)O4)[C@@H](O)[C@H](C)O3)[C@H]([C@H](OC)C(=O)[C@H](O)[C@H](C)O)C5)O[C@H](C)[C@@H]2OC(C)=O)O[C@@H]1C. The number of phenols is 2. The van der Waals surface area contributed by atoms with Crippen molar-refractivity contribution in [3.05, 3.63) is 28.8 Å². The number of phenolic OH excluding ortho intramolecular Hbond substituents is 2. The number of methoxy groups -OCH3 is 2. The molecule has 0 radical (unpaired) electrons. The van der Waals surface area contributed by atoms with Crippen LogP contribution < -0.4 is 4.74 Å². The van der Waals surface area contributed by atoms with E-state index in [9.17, 15) is 55.2 Å². The minimum absolute atomic E-state index is 0.0255. The number of aliphatic hydroxyl groups excluding tert-OH is 5. The van der Waals surface area contributed by atoms with E-state index in [1.54, 1.807) is 41.5 Å². The van der Waals surface area contributed by atoms with Crippen LogP contribution in [0.4, 0.5) is 0 Å². The number of esters is 2. The maximum Gasteiger partial charge on any atom is 0.308 e. The summed E-state index contributed by atoms with van der Waals surface area (Å²) in [4.78, 5) is 53.9. The minimum atomic E-state index is -1.96. The molecule has 2 aromatic rings. The Morgan fingerprint density at radius 1 is 0.694 bits per heavy atom. The first-order chi connectivity index (χ1) is 39.9. The van der Waals surface area contributed by atoms with Gasteiger partial charge >= 0.3 is 11.9 Å². The molecule has 0 unspecified atom stereocenters. The number of carbonyl (C=O) groups is 4. The van der Waals surface area contributed by atoms with Crippen molar-refractivity contribution in [2.45, 2.75) is 262 Å². The van der Waals surface area contributed by atoms with Gasteiger partial charge in [0, 0.05) is 64.7 Å². The minimum Gasteiger partial charge on any atom is -0.507 e. The van der Waals surface area contributed by atoms with Gasteiger partial charge in [0.1, 0.15) is 65.6 Å². The van der Waals surface area contributed by atoms with Crippen molar-refractivity contribution in [3.63, 3.8) is 0 Å². The van der Waals surface area contributed by atoms with Crippen LogP contribution in [-0.4, -0.2) is 225 Å². The highest BCUT2D eigenvalue weighted by Crippen LogP contribution is 2.48. The number of rotatable bonds is 19. The van der Waals surface area contributed by atoms with Gasteiger partial charge in [-0.2, -0.15) is 0 Å². The van der Waals surface area contributed by atoms with Gasteiger partial charge in [-0.3, -0.25) is 19.2 Å². The van der Waals surface area contributed by atoms with Gasteiger partial charge < -0.3 is 107 Å². The van der Waals surface area contributed by atoms with Crippen molar-refractivity contribution >= 4 is 34.3 Å². The van der Waals surface area contributed by atoms with E-state index in [1.165, 1.54) is 61.0 Å². The maximum atomic E-state index is 15.2. The van der Waals surface area contributed by atoms with Gasteiger partial charge in [-0.15, -0.1) is 0 Å². The number of ketones is 2. The van der Waals surface area contributed by atoms with Crippen LogP contribution in [-0.2, 0) is 82.4 Å². The topological polar surface area (TPSA) is 359 Å². The molecule has 0 spiro atoms. The molecule has 85 heavy (non-hydrogen) atoms. The lowest BCUT2D eigenvalue weighted by molar-refractivity contribution is -0.334. The van der Waals surface area contributed by atoms with Crippen LogP contribution in [0.15, 0.2) is 12.1 Å². The largest absolute Gasteiger partial charge is 0.507 e. The van der Waals surface area contributed by atoms with Crippen molar-refractivity contribution in [1.29, 1.82) is 0 Å². The summed E-state index contributed by atoms with van der Waals surface area (Å²) >= 11 is 0. The number of hydrogen-bond acceptors (Lipinski definition) is 26. The molecular weight excluding hydrogens is 1120 g/mol. The molecule has 25 atom stereocenters. The molecule has 5 saturated heterocycles. The number of aromatic hydroxyl groups is 2. The standard InChI is InChI=1S/C59H86O26/c1-22(2)58(70)85-57-29(9)78-43(21-59(57,11)71)82-37-18-40(74-25(5)49(37)66)81-36-19-42(75-26(6)48(36)65)84-56-33(55(73-13)52(69)47(64)24(4)60)15-31-14-32-16-35(23(3)46(63)44(32)50(67)45(31)51(56)68)80-41-20-38(54(28(8)77-41)79-30(10)61)83-39-17-34(62)53(72-12)27(7)76-39/h14,16,22,24-29,33-34,36-43,47-49,53-57,60,62-67,71H,15,17-21H2,1-13H3/t24-,25-,26-,27+,28+,29-,33-,34-,36+,37+,38-,39+,40-,41+,42-,43-,47+,48-,49-,53+,54-,55-,56-,57-,59-/m0/s1. The number of benzene rings is 2. The molecule has 0 saturated carbocycles. The Bertz CT molecular complexity index is 2670. The zero-order valence-electron chi connectivity index (χ0n) is 50.3. The molecule has 8 N–H and O–H groups in total. The summed E-state index contributed by atoms with van der Waals surface area (Å²) in [5.41, 5.74) is -1.53. The lowest BCUT2D eigenvalue weighted by atomic mass is 9.75. The fraction of sp³-hybridized carbons (Fsp3) is 0.763. The van der Waals surface area contributed by atoms with Crippen LogP contribution in [0.5, 0.6) is 17.2 Å². The van der Waals surface area contributed by atoms with E-state index >= 15 is 4.79 Å². The Morgan fingerprint density at radius 3 is 1.80 bits per heavy atom. The van der Waals surface area contributed by atoms with Crippen molar-refractivity contribution in [1.82, 2.24) is 0 Å². The third-order valence-electron chi connectivity index (χ3n) is 17.1. The van der Waals surface area contributed by atoms with Crippen LogP contribution in [0.1, 0.15) is 123 Å². The second kappa shape index (κ2) is 27.2. The Labute approximate surface area is 493 Å². The van der Waals surface area contributed by atoms with Crippen LogP contribution >= 0.6 is 0 Å². The molecule has 478 valence electrons. The monoisotopic (exact) mass is 1210 g/mol. The molecule has 6 aliphatic rings. The molecule has 5 aliphatic heterocycles. The van der Waals surface area contributed by atoms with Gasteiger partial charge in [-0.05, 0) is 84.9 Å². The number of carbonyl (C=O) groups excluding carboxylic acids is 4. The molecule has 2 aromatic carbocycles. The van der Waals surface area contributed by atoms with Gasteiger partial charge in [0.05, 0.1) is 71.8 Å². The Balaban J connectivity index is 1.03. The summed E-state index contributed by atoms with van der Waals surface area (Å²) in [6.07, 6.45) is -25.9. The number of Topliss-reactive ketones (excluding diaryl/α,β-unsaturated/α-hetero) is 2. The first kappa shape index (κ1) is 66.6. The Kier molecular flexibility index (Phi) is 21.3. The van der Waals surface area contributed by atoms with Crippen LogP contribution in [0.25, 0.3) is 10.8 Å². The van der Waals surface area contributed by atoms with Crippen LogP contribution in [0.3, 0.4) is 0 Å². The summed E-state index contributed by atoms with van der Waals surface area (Å²) in [6, 6.07) is 3.04. The molecule has 5 fully saturated rings. The molecule has 8 rings (SSSR count). The summed E-state index contributed by atoms with van der Waals surface area (Å²) in [6.45, 7) is 17.0. The number of fused-ring (bicyclic) bond motifs is 2. The molecule has 26 heteroatoms. The fourth-order valence-electron chi connectivity index (χ4n) is 12.5. The number of hydrogen-bond donors (Lipinski definition) is 8. The average molecular weight is 1210 g/mol. The fourth-order valence-corrected chi connectivity index (χ4v) is 12.5. The first-order valence-corrected chi connectivity index (χ1v) is 29.1. The van der Waals surface area contributed by atoms with Gasteiger partial charge in [-0.25, -0.2) is 0 Å². The predicted molar refractivity (Wildman–Crippen MR) is 292 cm³/mol. The number of aliphatic hydroxyl groups is 6. The Hall–Kier alpha value is -4.30. The van der Waals surface area contributed by atoms with Crippen molar-refractivity contribution in [2.75, 3.05) is 14.2 Å². The third-order valence-corrected chi connectivity index (χ3v) is 17.1. The highest BCUT2D eigenvalue weighted by Gasteiger charge is 2.53. The quantitative estimate of drug-likeness (QED) is 0.0935. The second-order valence-corrected chi connectivity index (χ2v) is 24.1. The molecule has 0 bridgehead atoms. The van der Waals surface area contributed by atoms with Gasteiger partial charge in [0.25, 0.3) is 0 Å². The van der Waals surface area contributed by atoms with Crippen molar-refractivity contribution in [2.24, 2.45) is 11.8 Å².